The van der Waals surface area contributed by atoms with Crippen molar-refractivity contribution in [3.63, 3.8) is 0 Å². The topological polar surface area (TPSA) is 43.6 Å². The van der Waals surface area contributed by atoms with Crippen molar-refractivity contribution < 1.29 is 8.83 Å². The number of aromatic nitrogens is 1. The summed E-state index contributed by atoms with van der Waals surface area (Å²) >= 11 is 1.82. The van der Waals surface area contributed by atoms with E-state index in [-0.39, 0.29) is 0 Å². The first-order valence-corrected chi connectivity index (χ1v) is 24.3. The molecule has 0 amide bonds. The van der Waals surface area contributed by atoms with Crippen molar-refractivity contribution in [1.82, 2.24) is 4.57 Å². The molecule has 0 radical (unpaired) electrons. The van der Waals surface area contributed by atoms with Crippen LogP contribution in [-0.2, 0) is 0 Å². The van der Waals surface area contributed by atoms with Crippen molar-refractivity contribution >= 4 is 130 Å². The Bertz CT molecular complexity index is 4550. The van der Waals surface area contributed by atoms with Gasteiger partial charge in [-0.25, -0.2) is 0 Å². The van der Waals surface area contributed by atoms with Gasteiger partial charge in [0.15, 0.2) is 5.58 Å². The van der Waals surface area contributed by atoms with E-state index in [1.54, 1.807) is 0 Å². The summed E-state index contributed by atoms with van der Waals surface area (Å²) in [5.74, 6) is 0. The minimum Gasteiger partial charge on any atom is -0.456 e. The normalized spacial score (nSPS) is 13.4. The highest BCUT2D eigenvalue weighted by Crippen LogP contribution is 2.45. The molecule has 0 aliphatic rings. The van der Waals surface area contributed by atoms with Crippen molar-refractivity contribution in [2.24, 2.45) is 4.99 Å². The molecular weight excluding hydrogens is 861 g/mol. The van der Waals surface area contributed by atoms with Gasteiger partial charge in [0.2, 0.25) is 0 Å². The van der Waals surface area contributed by atoms with E-state index < -0.39 is 6.04 Å². The fourth-order valence-corrected chi connectivity index (χ4v) is 12.2. The molecule has 0 aliphatic heterocycles. The zero-order valence-corrected chi connectivity index (χ0v) is 38.8. The zero-order chi connectivity index (χ0) is 45.9. The molecule has 0 N–H and O–H groups in total. The standard InChI is InChI=1S/C64H42N2O2S/c1-4-53(49-26-15-24-47-45-22-10-13-29-57(45)67-62(47)49)65-61(50-27-16-25-48-46-23-11-14-30-59(46)69-64(48)50)38(3)37(2)42-34-52-60-43-20-8-7-17-39(43)31-32-58(60)68-63(52)56(36-42)66-54-28-12-9-21-44(54)51-33-40-18-5-6-19-41(40)35-55(51)66/h4-36,53H,1H2,2-3H3/b38-37+,65-61+. The second-order valence-corrected chi connectivity index (χ2v) is 19.3. The summed E-state index contributed by atoms with van der Waals surface area (Å²) in [6.07, 6.45) is 1.95. The molecule has 4 heterocycles. The van der Waals surface area contributed by atoms with Crippen molar-refractivity contribution in [3.05, 3.63) is 229 Å². The molecule has 14 aromatic rings. The van der Waals surface area contributed by atoms with Crippen LogP contribution in [0.1, 0.15) is 36.6 Å². The monoisotopic (exact) mass is 902 g/mol. The van der Waals surface area contributed by atoms with E-state index >= 15 is 0 Å². The van der Waals surface area contributed by atoms with Crippen LogP contribution in [0.2, 0.25) is 0 Å². The summed E-state index contributed by atoms with van der Waals surface area (Å²) in [5, 5.41) is 13.9. The van der Waals surface area contributed by atoms with E-state index in [9.17, 15) is 0 Å². The first-order chi connectivity index (χ1) is 34.0. The minimum atomic E-state index is -0.411. The average Bonchev–Trinajstić information content (AvgIpc) is 4.17. The van der Waals surface area contributed by atoms with E-state index in [2.05, 4.69) is 207 Å². The molecule has 1 unspecified atom stereocenters. The zero-order valence-electron chi connectivity index (χ0n) is 38.0. The highest BCUT2D eigenvalue weighted by Gasteiger charge is 2.24. The van der Waals surface area contributed by atoms with Crippen molar-refractivity contribution in [2.75, 3.05) is 0 Å². The minimum absolute atomic E-state index is 0.411. The van der Waals surface area contributed by atoms with Crippen LogP contribution in [0.15, 0.2) is 226 Å². The van der Waals surface area contributed by atoms with Gasteiger partial charge in [-0.2, -0.15) is 0 Å². The number of furan rings is 2. The summed E-state index contributed by atoms with van der Waals surface area (Å²) in [4.78, 5) is 5.81. The van der Waals surface area contributed by atoms with Crippen LogP contribution < -0.4 is 0 Å². The molecule has 0 bridgehead atoms. The lowest BCUT2D eigenvalue weighted by atomic mass is 9.92. The number of hydrogen-bond acceptors (Lipinski definition) is 4. The number of fused-ring (bicyclic) bond motifs is 15. The number of para-hydroxylation sites is 3. The fourth-order valence-electron chi connectivity index (χ4n) is 11.0. The predicted octanol–water partition coefficient (Wildman–Crippen LogP) is 18.5. The quantitative estimate of drug-likeness (QED) is 0.118. The Morgan fingerprint density at radius 3 is 2.07 bits per heavy atom. The maximum atomic E-state index is 7.08. The lowest BCUT2D eigenvalue weighted by Crippen LogP contribution is -2.08. The van der Waals surface area contributed by atoms with Gasteiger partial charge in [-0.3, -0.25) is 4.99 Å². The van der Waals surface area contributed by atoms with Crippen molar-refractivity contribution in [1.29, 1.82) is 0 Å². The van der Waals surface area contributed by atoms with E-state index in [0.29, 0.717) is 0 Å². The molecular formula is C64H42N2O2S. The Balaban J connectivity index is 1.07. The van der Waals surface area contributed by atoms with E-state index in [0.717, 1.165) is 99.5 Å². The van der Waals surface area contributed by atoms with Crippen LogP contribution in [0.3, 0.4) is 0 Å². The Morgan fingerprint density at radius 1 is 0.536 bits per heavy atom. The van der Waals surface area contributed by atoms with Crippen LogP contribution in [0.4, 0.5) is 0 Å². The number of nitrogens with zero attached hydrogens (tertiary/aromatic N) is 2. The molecule has 14 rings (SSSR count). The second-order valence-electron chi connectivity index (χ2n) is 18.2. The Morgan fingerprint density at radius 2 is 1.22 bits per heavy atom. The maximum Gasteiger partial charge on any atom is 0.159 e. The van der Waals surface area contributed by atoms with Gasteiger partial charge in [-0.15, -0.1) is 17.9 Å². The van der Waals surface area contributed by atoms with E-state index in [1.807, 2.05) is 29.5 Å². The maximum absolute atomic E-state index is 7.08. The number of allylic oxidation sites excluding steroid dienone is 2. The molecule has 69 heavy (non-hydrogen) atoms. The molecule has 0 spiro atoms. The van der Waals surface area contributed by atoms with Crippen molar-refractivity contribution in [2.45, 2.75) is 19.9 Å². The molecule has 0 fully saturated rings. The molecule has 0 aliphatic carbocycles. The molecule has 5 heteroatoms. The van der Waals surface area contributed by atoms with Crippen LogP contribution >= 0.6 is 11.3 Å². The van der Waals surface area contributed by atoms with Crippen LogP contribution in [0, 0.1) is 0 Å². The molecule has 1 atom stereocenters. The lowest BCUT2D eigenvalue weighted by Gasteiger charge is -2.18. The Labute approximate surface area is 401 Å². The van der Waals surface area contributed by atoms with Crippen molar-refractivity contribution in [3.8, 4) is 5.69 Å². The molecule has 4 nitrogen and oxygen atoms in total. The van der Waals surface area contributed by atoms with Gasteiger partial charge in [-0.1, -0.05) is 152 Å². The molecule has 10 aromatic carbocycles. The number of thiophene rings is 1. The van der Waals surface area contributed by atoms with Gasteiger partial charge in [0.05, 0.1) is 28.5 Å². The summed E-state index contributed by atoms with van der Waals surface area (Å²) in [7, 11) is 0. The Hall–Kier alpha value is -8.51. The van der Waals surface area contributed by atoms with Gasteiger partial charge in [0, 0.05) is 63.6 Å². The smallest absolute Gasteiger partial charge is 0.159 e. The van der Waals surface area contributed by atoms with E-state index in [4.69, 9.17) is 13.8 Å². The highest BCUT2D eigenvalue weighted by atomic mass is 32.1. The summed E-state index contributed by atoms with van der Waals surface area (Å²) in [5.41, 5.74) is 12.9. The van der Waals surface area contributed by atoms with Crippen LogP contribution in [0.25, 0.3) is 119 Å². The predicted molar refractivity (Wildman–Crippen MR) is 294 cm³/mol. The fraction of sp³-hybridized carbons (Fsp3) is 0.0469. The third kappa shape index (κ3) is 5.97. The SMILES string of the molecule is C=CC(/N=C(\C(C)=C(/C)c1cc(-n2c3ccccc3c3cc4ccccc4cc32)c2oc3ccc4ccccc4c3c2c1)c1cccc2c1sc1ccccc12)c1cccc2c1oc1ccccc12. The van der Waals surface area contributed by atoms with Crippen LogP contribution in [-0.4, -0.2) is 10.3 Å². The highest BCUT2D eigenvalue weighted by molar-refractivity contribution is 7.26. The summed E-state index contributed by atoms with van der Waals surface area (Å²) in [6, 6.07) is 69.3. The van der Waals surface area contributed by atoms with Gasteiger partial charge in [-0.05, 0) is 101 Å². The average molecular weight is 903 g/mol. The molecule has 0 saturated heterocycles. The summed E-state index contributed by atoms with van der Waals surface area (Å²) < 4.78 is 18.6. The lowest BCUT2D eigenvalue weighted by molar-refractivity contribution is 0.659. The third-order valence-electron chi connectivity index (χ3n) is 14.5. The molecule has 326 valence electrons. The van der Waals surface area contributed by atoms with Gasteiger partial charge in [0.25, 0.3) is 0 Å². The third-order valence-corrected chi connectivity index (χ3v) is 15.7. The van der Waals surface area contributed by atoms with Gasteiger partial charge >= 0.3 is 0 Å². The van der Waals surface area contributed by atoms with E-state index in [1.165, 1.54) is 47.1 Å². The van der Waals surface area contributed by atoms with Gasteiger partial charge < -0.3 is 13.4 Å². The first kappa shape index (κ1) is 39.6. The van der Waals surface area contributed by atoms with Gasteiger partial charge in [0.1, 0.15) is 16.7 Å². The molecule has 4 aromatic heterocycles. The number of benzene rings is 10. The van der Waals surface area contributed by atoms with Crippen LogP contribution in [0.5, 0.6) is 0 Å². The number of aliphatic imine (C=N–C) groups is 1. The largest absolute Gasteiger partial charge is 0.456 e. The second kappa shape index (κ2) is 15.3. The molecule has 0 saturated carbocycles. The number of hydrogen-bond donors (Lipinski definition) is 0. The summed E-state index contributed by atoms with van der Waals surface area (Å²) in [6.45, 7) is 8.91. The Kier molecular flexibility index (Phi) is 8.77. The first-order valence-electron chi connectivity index (χ1n) is 23.5. The number of rotatable bonds is 7.